The number of hydrogen-bond acceptors (Lipinski definition) is 3. The summed E-state index contributed by atoms with van der Waals surface area (Å²) in [5.41, 5.74) is 0. The summed E-state index contributed by atoms with van der Waals surface area (Å²) in [5, 5.41) is 3.39. The Labute approximate surface area is 98.9 Å². The van der Waals surface area contributed by atoms with Gasteiger partial charge in [-0.1, -0.05) is 13.8 Å². The molecule has 2 saturated carbocycles. The van der Waals surface area contributed by atoms with Crippen LogP contribution < -0.4 is 5.32 Å². The molecule has 2 aliphatic carbocycles. The Morgan fingerprint density at radius 1 is 1.31 bits per heavy atom. The van der Waals surface area contributed by atoms with Crippen molar-refractivity contribution in [3.63, 3.8) is 0 Å². The molecule has 94 valence electrons. The minimum absolute atomic E-state index is 0.454. The average molecular weight is 245 g/mol. The molecule has 0 aliphatic heterocycles. The van der Waals surface area contributed by atoms with E-state index in [1.54, 1.807) is 0 Å². The molecule has 16 heavy (non-hydrogen) atoms. The van der Waals surface area contributed by atoms with E-state index >= 15 is 0 Å². The van der Waals surface area contributed by atoms with Crippen molar-refractivity contribution in [1.29, 1.82) is 0 Å². The van der Waals surface area contributed by atoms with Gasteiger partial charge < -0.3 is 5.32 Å². The van der Waals surface area contributed by atoms with Crippen LogP contribution in [-0.4, -0.2) is 32.0 Å². The molecule has 0 heterocycles. The zero-order valence-electron chi connectivity index (χ0n) is 10.5. The predicted molar refractivity (Wildman–Crippen MR) is 66.2 cm³/mol. The first kappa shape index (κ1) is 12.4. The highest BCUT2D eigenvalue weighted by Crippen LogP contribution is 2.47. The monoisotopic (exact) mass is 245 g/mol. The quantitative estimate of drug-likeness (QED) is 0.800. The molecule has 0 atom stereocenters. The number of nitrogens with one attached hydrogen (secondary N) is 1. The molecule has 4 heteroatoms. The van der Waals surface area contributed by atoms with Crippen LogP contribution in [0.5, 0.6) is 0 Å². The SMILES string of the molecule is CC(C)C1CC(CNC2CC2)(S(C)(=O)=O)C1. The van der Waals surface area contributed by atoms with Crippen molar-refractivity contribution in [1.82, 2.24) is 5.32 Å². The molecule has 0 radical (unpaired) electrons. The highest BCUT2D eigenvalue weighted by atomic mass is 32.2. The van der Waals surface area contributed by atoms with Crippen LogP contribution in [0.15, 0.2) is 0 Å². The molecule has 0 aromatic carbocycles. The lowest BCUT2D eigenvalue weighted by atomic mass is 9.68. The summed E-state index contributed by atoms with van der Waals surface area (Å²) < 4.78 is 23.3. The average Bonchev–Trinajstić information content (AvgIpc) is 2.81. The Kier molecular flexibility index (Phi) is 3.08. The molecule has 0 saturated heterocycles. The summed E-state index contributed by atoms with van der Waals surface area (Å²) in [7, 11) is -2.92. The van der Waals surface area contributed by atoms with Crippen molar-refractivity contribution < 1.29 is 8.42 Å². The summed E-state index contributed by atoms with van der Waals surface area (Å²) in [4.78, 5) is 0. The van der Waals surface area contributed by atoms with Crippen LogP contribution in [0.4, 0.5) is 0 Å². The van der Waals surface area contributed by atoms with E-state index in [1.807, 2.05) is 0 Å². The molecule has 0 bridgehead atoms. The third-order valence-electron chi connectivity index (χ3n) is 4.29. The first-order valence-corrected chi connectivity index (χ1v) is 8.16. The first-order chi connectivity index (χ1) is 7.34. The lowest BCUT2D eigenvalue weighted by Gasteiger charge is -2.48. The van der Waals surface area contributed by atoms with Crippen molar-refractivity contribution in [2.45, 2.75) is 50.3 Å². The van der Waals surface area contributed by atoms with Gasteiger partial charge in [-0.15, -0.1) is 0 Å². The fraction of sp³-hybridized carbons (Fsp3) is 1.00. The van der Waals surface area contributed by atoms with E-state index in [2.05, 4.69) is 19.2 Å². The summed E-state index contributed by atoms with van der Waals surface area (Å²) in [6, 6.07) is 0.594. The Balaban J connectivity index is 1.98. The smallest absolute Gasteiger partial charge is 0.154 e. The molecule has 0 aromatic heterocycles. The normalized spacial score (nSPS) is 35.1. The Bertz CT molecular complexity index is 346. The van der Waals surface area contributed by atoms with Crippen LogP contribution in [0.2, 0.25) is 0 Å². The highest BCUT2D eigenvalue weighted by Gasteiger charge is 2.52. The van der Waals surface area contributed by atoms with E-state index in [1.165, 1.54) is 19.1 Å². The maximum Gasteiger partial charge on any atom is 0.154 e. The molecule has 0 amide bonds. The standard InChI is InChI=1S/C12H23NO2S/c1-9(2)10-6-12(7-10,16(3,14)15)8-13-11-4-5-11/h9-11,13H,4-8H2,1-3H3. The first-order valence-electron chi connectivity index (χ1n) is 6.27. The molecule has 3 nitrogen and oxygen atoms in total. The van der Waals surface area contributed by atoms with Crippen LogP contribution >= 0.6 is 0 Å². The molecule has 2 aliphatic rings. The molecular weight excluding hydrogens is 222 g/mol. The molecule has 0 unspecified atom stereocenters. The van der Waals surface area contributed by atoms with Gasteiger partial charge in [0.1, 0.15) is 0 Å². The molecule has 0 aromatic rings. The molecule has 1 N–H and O–H groups in total. The van der Waals surface area contributed by atoms with Crippen LogP contribution in [0.25, 0.3) is 0 Å². The summed E-state index contributed by atoms with van der Waals surface area (Å²) in [6.45, 7) is 5.04. The van der Waals surface area contributed by atoms with Crippen molar-refractivity contribution in [2.24, 2.45) is 11.8 Å². The van der Waals surface area contributed by atoms with Gasteiger partial charge in [0.15, 0.2) is 9.84 Å². The van der Waals surface area contributed by atoms with Gasteiger partial charge in [0, 0.05) is 18.8 Å². The fourth-order valence-corrected chi connectivity index (χ4v) is 3.94. The Morgan fingerprint density at radius 2 is 1.88 bits per heavy atom. The van der Waals surface area contributed by atoms with Crippen LogP contribution in [-0.2, 0) is 9.84 Å². The lowest BCUT2D eigenvalue weighted by Crippen LogP contribution is -2.57. The fourth-order valence-electron chi connectivity index (χ4n) is 2.56. The second kappa shape index (κ2) is 3.98. The number of sulfone groups is 1. The minimum Gasteiger partial charge on any atom is -0.312 e. The minimum atomic E-state index is -2.92. The van der Waals surface area contributed by atoms with Crippen LogP contribution in [0.3, 0.4) is 0 Å². The van der Waals surface area contributed by atoms with Crippen molar-refractivity contribution in [2.75, 3.05) is 12.8 Å². The van der Waals surface area contributed by atoms with Crippen molar-refractivity contribution >= 4 is 9.84 Å². The molecular formula is C12H23NO2S. The zero-order chi connectivity index (χ0) is 12.0. The number of rotatable bonds is 5. The third-order valence-corrected chi connectivity index (χ3v) is 6.34. The maximum atomic E-state index is 11.9. The zero-order valence-corrected chi connectivity index (χ0v) is 11.3. The third kappa shape index (κ3) is 2.28. The topological polar surface area (TPSA) is 46.2 Å². The van der Waals surface area contributed by atoms with Crippen molar-refractivity contribution in [3.8, 4) is 0 Å². The van der Waals surface area contributed by atoms with Gasteiger partial charge in [-0.2, -0.15) is 0 Å². The van der Waals surface area contributed by atoms with Gasteiger partial charge in [0.25, 0.3) is 0 Å². The van der Waals surface area contributed by atoms with Gasteiger partial charge in [0.2, 0.25) is 0 Å². The molecule has 2 fully saturated rings. The molecule has 2 rings (SSSR count). The maximum absolute atomic E-state index is 11.9. The summed E-state index contributed by atoms with van der Waals surface area (Å²) in [5.74, 6) is 1.20. The van der Waals surface area contributed by atoms with E-state index in [9.17, 15) is 8.42 Å². The van der Waals surface area contributed by atoms with Gasteiger partial charge in [-0.05, 0) is 37.5 Å². The van der Waals surface area contributed by atoms with E-state index in [4.69, 9.17) is 0 Å². The summed E-state index contributed by atoms with van der Waals surface area (Å²) >= 11 is 0. The lowest BCUT2D eigenvalue weighted by molar-refractivity contribution is 0.159. The largest absolute Gasteiger partial charge is 0.312 e. The van der Waals surface area contributed by atoms with Gasteiger partial charge >= 0.3 is 0 Å². The second-order valence-corrected chi connectivity index (χ2v) is 8.43. The van der Waals surface area contributed by atoms with Gasteiger partial charge in [-0.3, -0.25) is 0 Å². The van der Waals surface area contributed by atoms with Crippen LogP contribution in [0.1, 0.15) is 39.5 Å². The Hall–Kier alpha value is -0.0900. The second-order valence-electron chi connectivity index (χ2n) is 6.02. The molecule has 0 spiro atoms. The Morgan fingerprint density at radius 3 is 2.25 bits per heavy atom. The van der Waals surface area contributed by atoms with Gasteiger partial charge in [-0.25, -0.2) is 8.42 Å². The van der Waals surface area contributed by atoms with Crippen LogP contribution in [0, 0.1) is 11.8 Å². The van der Waals surface area contributed by atoms with E-state index in [0.29, 0.717) is 24.4 Å². The van der Waals surface area contributed by atoms with E-state index in [0.717, 1.165) is 12.8 Å². The van der Waals surface area contributed by atoms with Gasteiger partial charge in [0.05, 0.1) is 4.75 Å². The number of hydrogen-bond donors (Lipinski definition) is 1. The van der Waals surface area contributed by atoms with Crippen molar-refractivity contribution in [3.05, 3.63) is 0 Å². The highest BCUT2D eigenvalue weighted by molar-refractivity contribution is 7.92. The van der Waals surface area contributed by atoms with E-state index < -0.39 is 14.6 Å². The summed E-state index contributed by atoms with van der Waals surface area (Å²) in [6.07, 6.45) is 5.53. The predicted octanol–water partition coefficient (Wildman–Crippen LogP) is 1.59. The van der Waals surface area contributed by atoms with E-state index in [-0.39, 0.29) is 0 Å².